The van der Waals surface area contributed by atoms with Crippen LogP contribution in [0.15, 0.2) is 12.1 Å². The SMILES string of the molecule is CCC(C)Cc1cc(Cl)c(CC(C)C)cc1Cl. The van der Waals surface area contributed by atoms with Crippen molar-refractivity contribution in [3.05, 3.63) is 33.3 Å². The van der Waals surface area contributed by atoms with E-state index >= 15 is 0 Å². The van der Waals surface area contributed by atoms with Gasteiger partial charge in [-0.2, -0.15) is 0 Å². The van der Waals surface area contributed by atoms with E-state index < -0.39 is 0 Å². The molecular weight excluding hydrogens is 251 g/mol. The standard InChI is InChI=1S/C15H22Cl2/c1-5-11(4)7-13-9-14(16)12(6-10(2)3)8-15(13)17/h8-11H,5-7H2,1-4H3. The Bertz CT molecular complexity index is 369. The van der Waals surface area contributed by atoms with Gasteiger partial charge < -0.3 is 0 Å². The molecule has 0 saturated carbocycles. The van der Waals surface area contributed by atoms with E-state index in [-0.39, 0.29) is 0 Å². The summed E-state index contributed by atoms with van der Waals surface area (Å²) in [7, 11) is 0. The van der Waals surface area contributed by atoms with Crippen LogP contribution in [0.3, 0.4) is 0 Å². The lowest BCUT2D eigenvalue weighted by atomic mass is 9.96. The fraction of sp³-hybridized carbons (Fsp3) is 0.600. The number of halogens is 2. The van der Waals surface area contributed by atoms with Crippen LogP contribution in [0.4, 0.5) is 0 Å². The van der Waals surface area contributed by atoms with Crippen molar-refractivity contribution in [3.63, 3.8) is 0 Å². The van der Waals surface area contributed by atoms with Crippen molar-refractivity contribution in [2.45, 2.75) is 47.0 Å². The highest BCUT2D eigenvalue weighted by atomic mass is 35.5. The Balaban J connectivity index is 2.92. The summed E-state index contributed by atoms with van der Waals surface area (Å²) in [6.45, 7) is 8.83. The van der Waals surface area contributed by atoms with E-state index in [0.717, 1.165) is 22.9 Å². The minimum Gasteiger partial charge on any atom is -0.0840 e. The van der Waals surface area contributed by atoms with Crippen molar-refractivity contribution in [2.75, 3.05) is 0 Å². The lowest BCUT2D eigenvalue weighted by Gasteiger charge is -2.14. The number of benzene rings is 1. The molecule has 1 aromatic rings. The maximum Gasteiger partial charge on any atom is 0.0441 e. The lowest BCUT2D eigenvalue weighted by molar-refractivity contribution is 0.560. The Morgan fingerprint density at radius 2 is 1.41 bits per heavy atom. The van der Waals surface area contributed by atoms with E-state index in [9.17, 15) is 0 Å². The average Bonchev–Trinajstić information content (AvgIpc) is 2.24. The van der Waals surface area contributed by atoms with Crippen LogP contribution in [0, 0.1) is 11.8 Å². The van der Waals surface area contributed by atoms with E-state index in [2.05, 4.69) is 27.7 Å². The smallest absolute Gasteiger partial charge is 0.0441 e. The Labute approximate surface area is 115 Å². The summed E-state index contributed by atoms with van der Waals surface area (Å²) in [6, 6.07) is 4.09. The predicted octanol–water partition coefficient (Wildman–Crippen LogP) is 5.78. The van der Waals surface area contributed by atoms with Gasteiger partial charge in [-0.15, -0.1) is 0 Å². The number of hydrogen-bond donors (Lipinski definition) is 0. The van der Waals surface area contributed by atoms with Gasteiger partial charge in [0.1, 0.15) is 0 Å². The molecule has 1 rings (SSSR count). The van der Waals surface area contributed by atoms with Crippen molar-refractivity contribution in [1.82, 2.24) is 0 Å². The second-order valence-electron chi connectivity index (χ2n) is 5.35. The van der Waals surface area contributed by atoms with Crippen LogP contribution in [-0.4, -0.2) is 0 Å². The maximum absolute atomic E-state index is 6.33. The first-order valence-electron chi connectivity index (χ1n) is 6.40. The fourth-order valence-electron chi connectivity index (χ4n) is 1.90. The first-order valence-corrected chi connectivity index (χ1v) is 7.16. The Morgan fingerprint density at radius 1 is 0.941 bits per heavy atom. The normalized spacial score (nSPS) is 13.1. The summed E-state index contributed by atoms with van der Waals surface area (Å²) in [5, 5.41) is 1.73. The summed E-state index contributed by atoms with van der Waals surface area (Å²) in [6.07, 6.45) is 3.17. The molecule has 0 saturated heterocycles. The van der Waals surface area contributed by atoms with Crippen LogP contribution in [-0.2, 0) is 12.8 Å². The molecule has 96 valence electrons. The highest BCUT2D eigenvalue weighted by Crippen LogP contribution is 2.29. The van der Waals surface area contributed by atoms with E-state index in [4.69, 9.17) is 23.2 Å². The Morgan fingerprint density at radius 3 is 1.82 bits per heavy atom. The third-order valence-electron chi connectivity index (χ3n) is 3.11. The van der Waals surface area contributed by atoms with Gasteiger partial charge >= 0.3 is 0 Å². The monoisotopic (exact) mass is 272 g/mol. The molecule has 1 unspecified atom stereocenters. The molecule has 0 N–H and O–H groups in total. The number of rotatable bonds is 5. The first-order chi connectivity index (χ1) is 7.93. The van der Waals surface area contributed by atoms with Crippen LogP contribution in [0.1, 0.15) is 45.2 Å². The van der Waals surface area contributed by atoms with Crippen molar-refractivity contribution >= 4 is 23.2 Å². The van der Waals surface area contributed by atoms with Crippen LogP contribution < -0.4 is 0 Å². The third-order valence-corrected chi connectivity index (χ3v) is 3.81. The van der Waals surface area contributed by atoms with Crippen molar-refractivity contribution in [2.24, 2.45) is 11.8 Å². The lowest BCUT2D eigenvalue weighted by Crippen LogP contribution is -2.01. The topological polar surface area (TPSA) is 0 Å². The van der Waals surface area contributed by atoms with Gasteiger partial charge in [-0.3, -0.25) is 0 Å². The predicted molar refractivity (Wildman–Crippen MR) is 78.2 cm³/mol. The molecule has 0 fully saturated rings. The zero-order valence-corrected chi connectivity index (χ0v) is 12.7. The molecule has 0 amide bonds. The van der Waals surface area contributed by atoms with E-state index in [1.54, 1.807) is 0 Å². The summed E-state index contributed by atoms with van der Waals surface area (Å²) < 4.78 is 0. The molecule has 2 heteroatoms. The van der Waals surface area contributed by atoms with Crippen LogP contribution in [0.5, 0.6) is 0 Å². The molecule has 0 spiro atoms. The zero-order chi connectivity index (χ0) is 13.0. The highest BCUT2D eigenvalue weighted by molar-refractivity contribution is 6.34. The molecule has 1 aromatic carbocycles. The molecule has 0 aromatic heterocycles. The van der Waals surface area contributed by atoms with Crippen molar-refractivity contribution in [3.8, 4) is 0 Å². The van der Waals surface area contributed by atoms with E-state index in [0.29, 0.717) is 11.8 Å². The molecule has 1 atom stereocenters. The molecule has 17 heavy (non-hydrogen) atoms. The van der Waals surface area contributed by atoms with Gasteiger partial charge in [-0.05, 0) is 47.9 Å². The van der Waals surface area contributed by atoms with Gasteiger partial charge in [0.25, 0.3) is 0 Å². The van der Waals surface area contributed by atoms with Crippen LogP contribution >= 0.6 is 23.2 Å². The molecule has 0 aliphatic heterocycles. The van der Waals surface area contributed by atoms with Crippen LogP contribution in [0.25, 0.3) is 0 Å². The zero-order valence-electron chi connectivity index (χ0n) is 11.2. The largest absolute Gasteiger partial charge is 0.0840 e. The number of hydrogen-bond acceptors (Lipinski definition) is 0. The minimum atomic E-state index is 0.601. The van der Waals surface area contributed by atoms with E-state index in [1.165, 1.54) is 17.5 Å². The van der Waals surface area contributed by atoms with Gasteiger partial charge in [0.15, 0.2) is 0 Å². The molecule has 0 radical (unpaired) electrons. The minimum absolute atomic E-state index is 0.601. The van der Waals surface area contributed by atoms with Crippen LogP contribution in [0.2, 0.25) is 10.0 Å². The van der Waals surface area contributed by atoms with Gasteiger partial charge in [-0.1, -0.05) is 57.3 Å². The van der Waals surface area contributed by atoms with Gasteiger partial charge in [0.2, 0.25) is 0 Å². The van der Waals surface area contributed by atoms with Gasteiger partial charge in [0, 0.05) is 10.0 Å². The highest BCUT2D eigenvalue weighted by Gasteiger charge is 2.10. The molecule has 0 aliphatic rings. The first kappa shape index (κ1) is 14.9. The quantitative estimate of drug-likeness (QED) is 0.637. The van der Waals surface area contributed by atoms with Crippen molar-refractivity contribution in [1.29, 1.82) is 0 Å². The third kappa shape index (κ3) is 4.52. The summed E-state index contributed by atoms with van der Waals surface area (Å²) in [4.78, 5) is 0. The second kappa shape index (κ2) is 6.66. The average molecular weight is 273 g/mol. The second-order valence-corrected chi connectivity index (χ2v) is 6.16. The summed E-state index contributed by atoms with van der Waals surface area (Å²) >= 11 is 12.6. The van der Waals surface area contributed by atoms with Gasteiger partial charge in [-0.25, -0.2) is 0 Å². The molecular formula is C15H22Cl2. The van der Waals surface area contributed by atoms with E-state index in [1.807, 2.05) is 12.1 Å². The Kier molecular flexibility index (Phi) is 5.82. The molecule has 0 heterocycles. The fourth-order valence-corrected chi connectivity index (χ4v) is 2.43. The summed E-state index contributed by atoms with van der Waals surface area (Å²) in [5.41, 5.74) is 2.35. The molecule has 0 aliphatic carbocycles. The molecule has 0 bridgehead atoms. The van der Waals surface area contributed by atoms with Crippen molar-refractivity contribution < 1.29 is 0 Å². The maximum atomic E-state index is 6.33. The molecule has 0 nitrogen and oxygen atoms in total. The summed E-state index contributed by atoms with van der Waals surface area (Å²) in [5.74, 6) is 1.25. The Hall–Kier alpha value is -0.200. The van der Waals surface area contributed by atoms with Gasteiger partial charge in [0.05, 0.1) is 0 Å².